The Hall–Kier alpha value is -2.89. The third-order valence-electron chi connectivity index (χ3n) is 4.61. The van der Waals surface area contributed by atoms with Gasteiger partial charge in [-0.25, -0.2) is 14.2 Å². The number of likely N-dealkylation sites (tertiary alicyclic amines) is 1. The number of benzene rings is 2. The van der Waals surface area contributed by atoms with Gasteiger partial charge in [-0.05, 0) is 30.2 Å². The Morgan fingerprint density at radius 3 is 2.96 bits per heavy atom. The molecule has 0 spiro atoms. The normalized spacial score (nSPS) is 17.2. The first-order valence-electron chi connectivity index (χ1n) is 8.41. The van der Waals surface area contributed by atoms with Gasteiger partial charge in [0.25, 0.3) is 0 Å². The molecule has 1 aromatic heterocycles. The summed E-state index contributed by atoms with van der Waals surface area (Å²) in [6.07, 6.45) is 0.848. The number of rotatable bonds is 3. The summed E-state index contributed by atoms with van der Waals surface area (Å²) in [4.78, 5) is 21.9. The predicted molar refractivity (Wildman–Crippen MR) is 93.7 cm³/mol. The summed E-state index contributed by atoms with van der Waals surface area (Å²) in [6, 6.07) is 14.3. The fourth-order valence-corrected chi connectivity index (χ4v) is 3.25. The topological polar surface area (TPSA) is 61.0 Å². The van der Waals surface area contributed by atoms with Crippen molar-refractivity contribution in [2.24, 2.45) is 0 Å². The Morgan fingerprint density at radius 2 is 2.12 bits per heavy atom. The van der Waals surface area contributed by atoms with E-state index in [9.17, 15) is 9.18 Å². The lowest BCUT2D eigenvalue weighted by Crippen LogP contribution is -2.38. The van der Waals surface area contributed by atoms with Gasteiger partial charge in [-0.3, -0.25) is 0 Å². The summed E-state index contributed by atoms with van der Waals surface area (Å²) >= 11 is 0. The van der Waals surface area contributed by atoms with Crippen LogP contribution in [0.15, 0.2) is 48.5 Å². The number of imidazole rings is 1. The lowest BCUT2D eigenvalue weighted by molar-refractivity contribution is 0.207. The van der Waals surface area contributed by atoms with Crippen LogP contribution >= 0.6 is 0 Å². The highest BCUT2D eigenvalue weighted by Crippen LogP contribution is 2.27. The summed E-state index contributed by atoms with van der Waals surface area (Å²) in [5.41, 5.74) is 2.52. The lowest BCUT2D eigenvalue weighted by Gasteiger charge is -2.17. The van der Waals surface area contributed by atoms with Gasteiger partial charge in [0.2, 0.25) is 0 Å². The van der Waals surface area contributed by atoms with E-state index in [0.717, 1.165) is 23.3 Å². The monoisotopic (exact) mass is 338 g/mol. The number of fused-ring (bicyclic) bond motifs is 1. The minimum atomic E-state index is -0.281. The SMILES string of the molecule is O=C(NCc1ccccc1)N1CCC(c2nc3ccc(F)cc3[nH]2)C1. The average molecular weight is 338 g/mol. The maximum absolute atomic E-state index is 13.3. The molecule has 0 saturated carbocycles. The third kappa shape index (κ3) is 3.33. The minimum absolute atomic E-state index is 0.0616. The molecule has 1 aliphatic rings. The summed E-state index contributed by atoms with van der Waals surface area (Å²) < 4.78 is 13.3. The Kier molecular flexibility index (Phi) is 4.09. The van der Waals surface area contributed by atoms with Crippen LogP contribution in [0.1, 0.15) is 23.7 Å². The zero-order valence-electron chi connectivity index (χ0n) is 13.7. The van der Waals surface area contributed by atoms with Gasteiger partial charge in [0.05, 0.1) is 11.0 Å². The maximum Gasteiger partial charge on any atom is 0.317 e. The number of halogens is 1. The zero-order valence-corrected chi connectivity index (χ0v) is 13.7. The Balaban J connectivity index is 1.39. The highest BCUT2D eigenvalue weighted by molar-refractivity contribution is 5.76. The van der Waals surface area contributed by atoms with Crippen LogP contribution in [0, 0.1) is 5.82 Å². The van der Waals surface area contributed by atoms with Crippen molar-refractivity contribution in [2.45, 2.75) is 18.9 Å². The molecule has 2 heterocycles. The molecule has 1 aliphatic heterocycles. The fourth-order valence-electron chi connectivity index (χ4n) is 3.25. The molecule has 0 bridgehead atoms. The first kappa shape index (κ1) is 15.6. The number of aromatic nitrogens is 2. The molecule has 0 aliphatic carbocycles. The van der Waals surface area contributed by atoms with E-state index in [-0.39, 0.29) is 17.8 Å². The molecular formula is C19H19FN4O. The number of carbonyl (C=O) groups excluding carboxylic acids is 1. The van der Waals surface area contributed by atoms with Crippen molar-refractivity contribution < 1.29 is 9.18 Å². The Morgan fingerprint density at radius 1 is 1.28 bits per heavy atom. The highest BCUT2D eigenvalue weighted by Gasteiger charge is 2.29. The molecule has 2 aromatic carbocycles. The Labute approximate surface area is 144 Å². The molecule has 2 amide bonds. The number of hydrogen-bond donors (Lipinski definition) is 2. The molecular weight excluding hydrogens is 319 g/mol. The van der Waals surface area contributed by atoms with E-state index < -0.39 is 0 Å². The van der Waals surface area contributed by atoms with Gasteiger partial charge < -0.3 is 15.2 Å². The van der Waals surface area contributed by atoms with E-state index in [4.69, 9.17) is 0 Å². The molecule has 5 nitrogen and oxygen atoms in total. The van der Waals surface area contributed by atoms with E-state index in [0.29, 0.717) is 25.2 Å². The molecule has 4 rings (SSSR count). The predicted octanol–water partition coefficient (Wildman–Crippen LogP) is 3.40. The molecule has 1 saturated heterocycles. The molecule has 2 N–H and O–H groups in total. The molecule has 1 unspecified atom stereocenters. The number of amides is 2. The molecule has 128 valence electrons. The van der Waals surface area contributed by atoms with Crippen LogP contribution in [0.5, 0.6) is 0 Å². The number of nitrogens with one attached hydrogen (secondary N) is 2. The van der Waals surface area contributed by atoms with Gasteiger partial charge in [-0.15, -0.1) is 0 Å². The van der Waals surface area contributed by atoms with Crippen molar-refractivity contribution in [1.29, 1.82) is 0 Å². The highest BCUT2D eigenvalue weighted by atomic mass is 19.1. The van der Waals surface area contributed by atoms with Gasteiger partial charge in [-0.1, -0.05) is 30.3 Å². The van der Waals surface area contributed by atoms with E-state index in [2.05, 4.69) is 15.3 Å². The number of hydrogen-bond acceptors (Lipinski definition) is 2. The number of carbonyl (C=O) groups is 1. The van der Waals surface area contributed by atoms with Crippen LogP contribution in [0.3, 0.4) is 0 Å². The largest absolute Gasteiger partial charge is 0.342 e. The van der Waals surface area contributed by atoms with Gasteiger partial charge in [0, 0.05) is 25.6 Å². The maximum atomic E-state index is 13.3. The lowest BCUT2D eigenvalue weighted by atomic mass is 10.1. The van der Waals surface area contributed by atoms with Crippen LogP contribution in [0.25, 0.3) is 11.0 Å². The minimum Gasteiger partial charge on any atom is -0.342 e. The van der Waals surface area contributed by atoms with Gasteiger partial charge in [-0.2, -0.15) is 0 Å². The zero-order chi connectivity index (χ0) is 17.2. The first-order chi connectivity index (χ1) is 12.2. The van der Waals surface area contributed by atoms with Crippen molar-refractivity contribution in [3.05, 3.63) is 65.7 Å². The van der Waals surface area contributed by atoms with Crippen molar-refractivity contribution in [3.8, 4) is 0 Å². The number of urea groups is 1. The molecule has 25 heavy (non-hydrogen) atoms. The third-order valence-corrected chi connectivity index (χ3v) is 4.61. The molecule has 3 aromatic rings. The van der Waals surface area contributed by atoms with Crippen LogP contribution < -0.4 is 5.32 Å². The first-order valence-corrected chi connectivity index (χ1v) is 8.41. The number of H-pyrrole nitrogens is 1. The summed E-state index contributed by atoms with van der Waals surface area (Å²) in [5.74, 6) is 0.688. The van der Waals surface area contributed by atoms with E-state index in [1.165, 1.54) is 12.1 Å². The average Bonchev–Trinajstić information content (AvgIpc) is 3.27. The van der Waals surface area contributed by atoms with Crippen LogP contribution in [-0.4, -0.2) is 34.0 Å². The quantitative estimate of drug-likeness (QED) is 0.769. The van der Waals surface area contributed by atoms with Crippen LogP contribution in [0.4, 0.5) is 9.18 Å². The smallest absolute Gasteiger partial charge is 0.317 e. The van der Waals surface area contributed by atoms with Crippen molar-refractivity contribution in [3.63, 3.8) is 0 Å². The fraction of sp³-hybridized carbons (Fsp3) is 0.263. The van der Waals surface area contributed by atoms with E-state index in [1.807, 2.05) is 30.3 Å². The molecule has 1 atom stereocenters. The van der Waals surface area contributed by atoms with E-state index in [1.54, 1.807) is 11.0 Å². The summed E-state index contributed by atoms with van der Waals surface area (Å²) in [7, 11) is 0. The van der Waals surface area contributed by atoms with Crippen LogP contribution in [0.2, 0.25) is 0 Å². The number of aromatic amines is 1. The Bertz CT molecular complexity index is 893. The molecule has 0 radical (unpaired) electrons. The second-order valence-electron chi connectivity index (χ2n) is 6.36. The van der Waals surface area contributed by atoms with Crippen LogP contribution in [-0.2, 0) is 6.54 Å². The van der Waals surface area contributed by atoms with E-state index >= 15 is 0 Å². The number of nitrogens with zero attached hydrogens (tertiary/aromatic N) is 2. The van der Waals surface area contributed by atoms with Crippen molar-refractivity contribution >= 4 is 17.1 Å². The summed E-state index contributed by atoms with van der Waals surface area (Å²) in [5, 5.41) is 2.95. The van der Waals surface area contributed by atoms with Gasteiger partial charge >= 0.3 is 6.03 Å². The molecule has 1 fully saturated rings. The summed E-state index contributed by atoms with van der Waals surface area (Å²) in [6.45, 7) is 1.82. The second-order valence-corrected chi connectivity index (χ2v) is 6.36. The molecule has 6 heteroatoms. The van der Waals surface area contributed by atoms with Crippen molar-refractivity contribution in [2.75, 3.05) is 13.1 Å². The standard InChI is InChI=1S/C19H19FN4O/c20-15-6-7-16-17(10-15)23-18(22-16)14-8-9-24(12-14)19(25)21-11-13-4-2-1-3-5-13/h1-7,10,14H,8-9,11-12H2,(H,21,25)(H,22,23). The van der Waals surface area contributed by atoms with Crippen molar-refractivity contribution in [1.82, 2.24) is 20.2 Å². The second kappa shape index (κ2) is 6.55. The van der Waals surface area contributed by atoms with Gasteiger partial charge in [0.1, 0.15) is 11.6 Å². The van der Waals surface area contributed by atoms with Gasteiger partial charge in [0.15, 0.2) is 0 Å².